The van der Waals surface area contributed by atoms with Crippen LogP contribution in [0.5, 0.6) is 11.5 Å². The zero-order chi connectivity index (χ0) is 18.9. The lowest BCUT2D eigenvalue weighted by atomic mass is 9.99. The number of anilines is 1. The Hall–Kier alpha value is -3.31. The Bertz CT molecular complexity index is 821. The van der Waals surface area contributed by atoms with E-state index >= 15 is 0 Å². The molecule has 1 amide bonds. The maximum Gasteiger partial charge on any atom is 0.260 e. The molecule has 1 atom stereocenters. The minimum absolute atomic E-state index is 0.202. The largest absolute Gasteiger partial charge is 0.493 e. The van der Waals surface area contributed by atoms with Crippen LogP contribution in [0.25, 0.3) is 0 Å². The smallest absolute Gasteiger partial charge is 0.260 e. The van der Waals surface area contributed by atoms with E-state index in [1.54, 1.807) is 18.2 Å². The Morgan fingerprint density at radius 1 is 1.08 bits per heavy atom. The Labute approximate surface area is 156 Å². The number of nitrogens with one attached hydrogen (secondary N) is 3. The predicted molar refractivity (Wildman–Crippen MR) is 102 cm³/mol. The van der Waals surface area contributed by atoms with E-state index in [1.165, 1.54) is 14.2 Å². The summed E-state index contributed by atoms with van der Waals surface area (Å²) >= 11 is 5.11. The number of carbonyl (C=O) groups excluding carboxylic acids is 1. The molecule has 2 aromatic rings. The molecule has 0 aromatic heterocycles. The van der Waals surface area contributed by atoms with E-state index in [4.69, 9.17) is 21.7 Å². The van der Waals surface area contributed by atoms with Gasteiger partial charge < -0.3 is 14.8 Å². The molecular formula is C18H18N4O3S. The second-order valence-corrected chi connectivity index (χ2v) is 5.52. The zero-order valence-corrected chi connectivity index (χ0v) is 15.1. The second-order valence-electron chi connectivity index (χ2n) is 5.11. The average molecular weight is 370 g/mol. The number of hydrogen-bond acceptors (Lipinski definition) is 5. The minimum atomic E-state index is -1.04. The van der Waals surface area contributed by atoms with Crippen LogP contribution >= 0.6 is 12.2 Å². The molecule has 0 heterocycles. The molecule has 2 aromatic carbocycles. The lowest BCUT2D eigenvalue weighted by Gasteiger charge is -2.15. The highest BCUT2D eigenvalue weighted by Gasteiger charge is 2.22. The van der Waals surface area contributed by atoms with E-state index in [1.807, 2.05) is 36.4 Å². The number of hydrogen-bond donors (Lipinski definition) is 3. The van der Waals surface area contributed by atoms with E-state index in [0.717, 1.165) is 5.69 Å². The minimum Gasteiger partial charge on any atom is -0.493 e. The van der Waals surface area contributed by atoms with Gasteiger partial charge in [0.15, 0.2) is 22.5 Å². The average Bonchev–Trinajstić information content (AvgIpc) is 2.67. The van der Waals surface area contributed by atoms with Crippen molar-refractivity contribution in [1.29, 1.82) is 5.26 Å². The second kappa shape index (κ2) is 9.25. The number of para-hydroxylation sites is 1. The first-order valence-corrected chi connectivity index (χ1v) is 8.03. The van der Waals surface area contributed by atoms with Gasteiger partial charge in [0.25, 0.3) is 5.91 Å². The number of amides is 1. The fourth-order valence-corrected chi connectivity index (χ4v) is 2.36. The van der Waals surface area contributed by atoms with Crippen molar-refractivity contribution in [3.63, 3.8) is 0 Å². The third kappa shape index (κ3) is 4.84. The van der Waals surface area contributed by atoms with Crippen molar-refractivity contribution in [1.82, 2.24) is 10.9 Å². The molecule has 0 saturated carbocycles. The maximum absolute atomic E-state index is 12.3. The topological polar surface area (TPSA) is 95.4 Å². The molecule has 3 N–H and O–H groups in total. The molecule has 0 aliphatic rings. The maximum atomic E-state index is 12.3. The molecule has 1 unspecified atom stereocenters. The number of hydrazine groups is 1. The molecule has 7 nitrogen and oxygen atoms in total. The van der Waals surface area contributed by atoms with E-state index in [-0.39, 0.29) is 5.11 Å². The molecule has 0 aliphatic heterocycles. The van der Waals surface area contributed by atoms with Crippen LogP contribution in [0.2, 0.25) is 0 Å². The number of nitriles is 1. The summed E-state index contributed by atoms with van der Waals surface area (Å²) in [5.41, 5.74) is 6.26. The Kier molecular flexibility index (Phi) is 6.76. The summed E-state index contributed by atoms with van der Waals surface area (Å²) in [6.45, 7) is 0. The molecule has 0 aliphatic carbocycles. The van der Waals surface area contributed by atoms with E-state index in [9.17, 15) is 10.1 Å². The summed E-state index contributed by atoms with van der Waals surface area (Å²) in [5, 5.41) is 12.5. The van der Waals surface area contributed by atoms with Crippen LogP contribution in [0.3, 0.4) is 0 Å². The highest BCUT2D eigenvalue weighted by atomic mass is 32.1. The van der Waals surface area contributed by atoms with Crippen LogP contribution in [-0.2, 0) is 4.79 Å². The van der Waals surface area contributed by atoms with Gasteiger partial charge in [-0.2, -0.15) is 5.26 Å². The van der Waals surface area contributed by atoms with Crippen molar-refractivity contribution >= 4 is 28.9 Å². The highest BCUT2D eigenvalue weighted by Crippen LogP contribution is 2.30. The van der Waals surface area contributed by atoms with Crippen LogP contribution in [0.15, 0.2) is 48.5 Å². The summed E-state index contributed by atoms with van der Waals surface area (Å²) in [5.74, 6) is -0.634. The third-order valence-electron chi connectivity index (χ3n) is 3.46. The number of benzene rings is 2. The van der Waals surface area contributed by atoms with E-state index in [2.05, 4.69) is 16.2 Å². The zero-order valence-electron chi connectivity index (χ0n) is 14.3. The quantitative estimate of drug-likeness (QED) is 0.549. The molecule has 26 heavy (non-hydrogen) atoms. The standard InChI is InChI=1S/C18H18N4O3S/c1-24-15-9-8-12(10-16(15)25-2)14(11-19)17(23)21-22-18(26)20-13-6-4-3-5-7-13/h3-10,14H,1-2H3,(H,21,23)(H2,20,22,26). The Morgan fingerprint density at radius 3 is 2.38 bits per heavy atom. The number of thiocarbonyl (C=S) groups is 1. The van der Waals surface area contributed by atoms with E-state index in [0.29, 0.717) is 17.1 Å². The third-order valence-corrected chi connectivity index (χ3v) is 3.67. The van der Waals surface area contributed by atoms with Crippen LogP contribution in [-0.4, -0.2) is 25.2 Å². The first kappa shape index (κ1) is 19.0. The summed E-state index contributed by atoms with van der Waals surface area (Å²) in [6.07, 6.45) is 0. The van der Waals surface area contributed by atoms with Gasteiger partial charge >= 0.3 is 0 Å². The van der Waals surface area contributed by atoms with Gasteiger partial charge in [0, 0.05) is 5.69 Å². The Morgan fingerprint density at radius 2 is 1.77 bits per heavy atom. The summed E-state index contributed by atoms with van der Waals surface area (Å²) in [6, 6.07) is 16.1. The fourth-order valence-electron chi connectivity index (χ4n) is 2.19. The van der Waals surface area contributed by atoms with Crippen LogP contribution < -0.4 is 25.6 Å². The van der Waals surface area contributed by atoms with E-state index < -0.39 is 11.8 Å². The fraction of sp³-hybridized carbons (Fsp3) is 0.167. The van der Waals surface area contributed by atoms with Gasteiger partial charge in [-0.05, 0) is 42.0 Å². The van der Waals surface area contributed by atoms with Gasteiger partial charge in [-0.15, -0.1) is 0 Å². The first-order chi connectivity index (χ1) is 12.6. The summed E-state index contributed by atoms with van der Waals surface area (Å²) < 4.78 is 10.4. The lowest BCUT2D eigenvalue weighted by molar-refractivity contribution is -0.121. The van der Waals surface area contributed by atoms with Gasteiger partial charge in [0.1, 0.15) is 0 Å². The predicted octanol–water partition coefficient (Wildman–Crippen LogP) is 2.33. The monoisotopic (exact) mass is 370 g/mol. The number of nitrogens with zero attached hydrogens (tertiary/aromatic N) is 1. The normalized spacial score (nSPS) is 10.8. The van der Waals surface area contributed by atoms with Crippen molar-refractivity contribution in [2.45, 2.75) is 5.92 Å². The van der Waals surface area contributed by atoms with Crippen LogP contribution in [0, 0.1) is 11.3 Å². The summed E-state index contributed by atoms with van der Waals surface area (Å²) in [4.78, 5) is 12.3. The van der Waals surface area contributed by atoms with Gasteiger partial charge in [0.05, 0.1) is 20.3 Å². The van der Waals surface area contributed by atoms with Crippen molar-refractivity contribution in [3.05, 3.63) is 54.1 Å². The van der Waals surface area contributed by atoms with Crippen LogP contribution in [0.4, 0.5) is 5.69 Å². The lowest BCUT2D eigenvalue weighted by Crippen LogP contribution is -2.45. The number of carbonyl (C=O) groups is 1. The number of methoxy groups -OCH3 is 2. The van der Waals surface area contributed by atoms with Gasteiger partial charge in [-0.25, -0.2) is 0 Å². The molecule has 0 bridgehead atoms. The highest BCUT2D eigenvalue weighted by molar-refractivity contribution is 7.80. The number of ether oxygens (including phenoxy) is 2. The Balaban J connectivity index is 2.00. The van der Waals surface area contributed by atoms with Gasteiger partial charge in [0.2, 0.25) is 0 Å². The molecule has 134 valence electrons. The molecule has 8 heteroatoms. The SMILES string of the molecule is COc1ccc(C(C#N)C(=O)NNC(=S)Nc2ccccc2)cc1OC. The van der Waals surface area contributed by atoms with Crippen molar-refractivity contribution in [3.8, 4) is 17.6 Å². The molecule has 0 spiro atoms. The molecule has 2 rings (SSSR count). The summed E-state index contributed by atoms with van der Waals surface area (Å²) in [7, 11) is 2.99. The molecule has 0 radical (unpaired) electrons. The van der Waals surface area contributed by atoms with Crippen molar-refractivity contribution in [2.24, 2.45) is 0 Å². The van der Waals surface area contributed by atoms with Crippen LogP contribution in [0.1, 0.15) is 11.5 Å². The first-order valence-electron chi connectivity index (χ1n) is 7.62. The van der Waals surface area contributed by atoms with Crippen molar-refractivity contribution in [2.75, 3.05) is 19.5 Å². The van der Waals surface area contributed by atoms with Gasteiger partial charge in [-0.3, -0.25) is 15.6 Å². The molecule has 0 fully saturated rings. The number of rotatable bonds is 5. The van der Waals surface area contributed by atoms with Gasteiger partial charge in [-0.1, -0.05) is 24.3 Å². The molecule has 0 saturated heterocycles. The van der Waals surface area contributed by atoms with Crippen molar-refractivity contribution < 1.29 is 14.3 Å². The molecular weight excluding hydrogens is 352 g/mol.